The molecule has 2 rings (SSSR count). The Kier molecular flexibility index (Phi) is 4.54. The van der Waals surface area contributed by atoms with Crippen molar-refractivity contribution in [3.63, 3.8) is 0 Å². The minimum atomic E-state index is -3.73. The average molecular weight is 446 g/mol. The molecule has 0 saturated carbocycles. The lowest BCUT2D eigenvalue weighted by molar-refractivity contribution is -0.117. The van der Waals surface area contributed by atoms with Crippen molar-refractivity contribution in [1.29, 1.82) is 0 Å². The molecule has 1 aromatic carbocycles. The third kappa shape index (κ3) is 2.91. The summed E-state index contributed by atoms with van der Waals surface area (Å²) < 4.78 is 24.5. The van der Waals surface area contributed by atoms with Crippen LogP contribution in [0.2, 0.25) is 0 Å². The minimum absolute atomic E-state index is 0.0770. The van der Waals surface area contributed by atoms with Crippen LogP contribution >= 0.6 is 42.5 Å². The second-order valence-corrected chi connectivity index (χ2v) is 9.27. The largest absolute Gasteiger partial charge is 0.310 e. The molecule has 1 heterocycles. The van der Waals surface area contributed by atoms with Gasteiger partial charge in [-0.2, -0.15) is 0 Å². The van der Waals surface area contributed by atoms with Crippen LogP contribution in [0.15, 0.2) is 15.0 Å². The fourth-order valence-corrected chi connectivity index (χ4v) is 4.34. The number of hydrogen-bond acceptors (Lipinski definition) is 3. The first-order valence-corrected chi connectivity index (χ1v) is 9.77. The summed E-state index contributed by atoms with van der Waals surface area (Å²) in [6, 6.07) is 1.85. The first-order valence-electron chi connectivity index (χ1n) is 5.82. The second-order valence-electron chi connectivity index (χ2n) is 4.77. The van der Waals surface area contributed by atoms with E-state index in [4.69, 9.17) is 10.7 Å². The fourth-order valence-electron chi connectivity index (χ4n) is 2.21. The van der Waals surface area contributed by atoms with E-state index >= 15 is 0 Å². The Labute approximate surface area is 139 Å². The van der Waals surface area contributed by atoms with Gasteiger partial charge in [0, 0.05) is 32.6 Å². The number of aryl methyl sites for hydroxylation is 1. The van der Waals surface area contributed by atoms with Gasteiger partial charge in [0.15, 0.2) is 0 Å². The van der Waals surface area contributed by atoms with Crippen molar-refractivity contribution in [3.8, 4) is 0 Å². The maximum absolute atomic E-state index is 12.1. The van der Waals surface area contributed by atoms with Gasteiger partial charge >= 0.3 is 0 Å². The first kappa shape index (κ1) is 16.3. The van der Waals surface area contributed by atoms with E-state index in [0.717, 1.165) is 20.1 Å². The summed E-state index contributed by atoms with van der Waals surface area (Å²) in [6.07, 6.45) is -0.0770. The van der Waals surface area contributed by atoms with E-state index in [1.165, 1.54) is 4.90 Å². The van der Waals surface area contributed by atoms with Gasteiger partial charge in [0.1, 0.15) is 5.25 Å². The maximum Gasteiger partial charge on any atom is 0.237 e. The number of hydrogen-bond donors (Lipinski definition) is 0. The van der Waals surface area contributed by atoms with Crippen molar-refractivity contribution >= 4 is 63.2 Å². The Morgan fingerprint density at radius 1 is 1.30 bits per heavy atom. The van der Waals surface area contributed by atoms with Crippen molar-refractivity contribution in [2.24, 2.45) is 0 Å². The molecule has 0 N–H and O–H groups in total. The van der Waals surface area contributed by atoms with Crippen LogP contribution in [0.1, 0.15) is 17.5 Å². The van der Waals surface area contributed by atoms with Crippen LogP contribution in [0.3, 0.4) is 0 Å². The molecule has 1 fully saturated rings. The van der Waals surface area contributed by atoms with Crippen LogP contribution in [0, 0.1) is 13.8 Å². The number of halogens is 3. The van der Waals surface area contributed by atoms with E-state index < -0.39 is 14.3 Å². The predicted molar refractivity (Wildman–Crippen MR) is 86.8 cm³/mol. The van der Waals surface area contributed by atoms with Crippen LogP contribution in [-0.2, 0) is 13.8 Å². The average Bonchev–Trinajstić information content (AvgIpc) is 2.73. The zero-order valence-corrected chi connectivity index (χ0v) is 15.5. The van der Waals surface area contributed by atoms with Crippen LogP contribution in [0.5, 0.6) is 0 Å². The molecule has 1 unspecified atom stereocenters. The fraction of sp³-hybridized carbons (Fsp3) is 0.417. The predicted octanol–water partition coefficient (Wildman–Crippen LogP) is 3.50. The quantitative estimate of drug-likeness (QED) is 0.655. The third-order valence-electron chi connectivity index (χ3n) is 3.36. The minimum Gasteiger partial charge on any atom is -0.310 e. The van der Waals surface area contributed by atoms with Gasteiger partial charge in [0.25, 0.3) is 0 Å². The van der Waals surface area contributed by atoms with E-state index in [1.807, 2.05) is 19.9 Å². The highest BCUT2D eigenvalue weighted by Gasteiger charge is 2.38. The summed E-state index contributed by atoms with van der Waals surface area (Å²) in [5.74, 6) is -0.235. The molecule has 1 aliphatic heterocycles. The van der Waals surface area contributed by atoms with Crippen molar-refractivity contribution in [2.45, 2.75) is 25.5 Å². The number of anilines is 1. The Hall–Kier alpha value is -0.110. The van der Waals surface area contributed by atoms with E-state index in [0.29, 0.717) is 5.69 Å². The summed E-state index contributed by atoms with van der Waals surface area (Å²) in [4.78, 5) is 13.5. The SMILES string of the molecule is Cc1cc(N2CC(S(=O)(=O)Cl)CC2=O)c(Br)c(C)c1Br. The molecular formula is C12H12Br2ClNO3S. The third-order valence-corrected chi connectivity index (χ3v) is 7.45. The lowest BCUT2D eigenvalue weighted by atomic mass is 10.1. The summed E-state index contributed by atoms with van der Waals surface area (Å²) in [5, 5.41) is -0.854. The van der Waals surface area contributed by atoms with Gasteiger partial charge < -0.3 is 4.90 Å². The molecule has 1 saturated heterocycles. The van der Waals surface area contributed by atoms with Crippen LogP contribution in [-0.4, -0.2) is 26.1 Å². The summed E-state index contributed by atoms with van der Waals surface area (Å²) >= 11 is 6.95. The molecular weight excluding hydrogens is 433 g/mol. The summed E-state index contributed by atoms with van der Waals surface area (Å²) in [6.45, 7) is 3.92. The lowest BCUT2D eigenvalue weighted by Crippen LogP contribution is -2.27. The van der Waals surface area contributed by atoms with Gasteiger partial charge in [0.05, 0.1) is 5.69 Å². The molecule has 1 aliphatic rings. The Morgan fingerprint density at radius 2 is 1.90 bits per heavy atom. The highest BCUT2D eigenvalue weighted by molar-refractivity contribution is 9.11. The molecule has 0 aromatic heterocycles. The van der Waals surface area contributed by atoms with E-state index in [2.05, 4.69) is 31.9 Å². The molecule has 0 bridgehead atoms. The van der Waals surface area contributed by atoms with Gasteiger partial charge in [-0.05, 0) is 47.0 Å². The van der Waals surface area contributed by atoms with Crippen LogP contribution < -0.4 is 4.90 Å². The molecule has 4 nitrogen and oxygen atoms in total. The highest BCUT2D eigenvalue weighted by atomic mass is 79.9. The maximum atomic E-state index is 12.1. The number of rotatable bonds is 2. The molecule has 20 heavy (non-hydrogen) atoms. The molecule has 0 radical (unpaired) electrons. The molecule has 1 amide bonds. The van der Waals surface area contributed by atoms with Crippen molar-refractivity contribution in [3.05, 3.63) is 26.1 Å². The van der Waals surface area contributed by atoms with Gasteiger partial charge in [-0.25, -0.2) is 8.42 Å². The molecule has 1 atom stereocenters. The van der Waals surface area contributed by atoms with Gasteiger partial charge in [-0.3, -0.25) is 4.79 Å². The van der Waals surface area contributed by atoms with Crippen LogP contribution in [0.4, 0.5) is 5.69 Å². The van der Waals surface area contributed by atoms with Crippen molar-refractivity contribution in [2.75, 3.05) is 11.4 Å². The Morgan fingerprint density at radius 3 is 2.40 bits per heavy atom. The van der Waals surface area contributed by atoms with Gasteiger partial charge in [-0.1, -0.05) is 15.9 Å². The monoisotopic (exact) mass is 443 g/mol. The van der Waals surface area contributed by atoms with Crippen molar-refractivity contribution < 1.29 is 13.2 Å². The Balaban J connectivity index is 2.46. The number of carbonyl (C=O) groups excluding carboxylic acids is 1. The molecule has 0 aliphatic carbocycles. The topological polar surface area (TPSA) is 54.5 Å². The van der Waals surface area contributed by atoms with Crippen molar-refractivity contribution in [1.82, 2.24) is 0 Å². The number of benzene rings is 1. The molecule has 0 spiro atoms. The number of amides is 1. The normalized spacial score (nSPS) is 19.8. The van der Waals surface area contributed by atoms with Crippen LogP contribution in [0.25, 0.3) is 0 Å². The Bertz CT molecular complexity index is 690. The lowest BCUT2D eigenvalue weighted by Gasteiger charge is -2.21. The van der Waals surface area contributed by atoms with Gasteiger partial charge in [-0.15, -0.1) is 0 Å². The zero-order valence-electron chi connectivity index (χ0n) is 10.8. The van der Waals surface area contributed by atoms with E-state index in [9.17, 15) is 13.2 Å². The van der Waals surface area contributed by atoms with E-state index in [-0.39, 0.29) is 18.9 Å². The smallest absolute Gasteiger partial charge is 0.237 e. The highest BCUT2D eigenvalue weighted by Crippen LogP contribution is 2.38. The molecule has 1 aromatic rings. The molecule has 110 valence electrons. The standard InChI is InChI=1S/C12H12Br2ClNO3S/c1-6-3-9(12(14)7(2)11(6)13)16-5-8(4-10(16)17)20(15,18)19/h3,8H,4-5H2,1-2H3. The molecule has 8 heteroatoms. The van der Waals surface area contributed by atoms with E-state index in [1.54, 1.807) is 0 Å². The zero-order chi connectivity index (χ0) is 15.2. The number of carbonyl (C=O) groups is 1. The van der Waals surface area contributed by atoms with Gasteiger partial charge in [0.2, 0.25) is 15.0 Å². The second kappa shape index (κ2) is 5.59. The summed E-state index contributed by atoms with van der Waals surface area (Å²) in [7, 11) is 1.63. The number of nitrogens with zero attached hydrogens (tertiary/aromatic N) is 1. The summed E-state index contributed by atoms with van der Waals surface area (Å²) in [5.41, 5.74) is 2.62. The first-order chi connectivity index (χ1) is 9.12.